The summed E-state index contributed by atoms with van der Waals surface area (Å²) in [5, 5.41) is 2.94. The number of fused-ring (bicyclic) bond motifs is 3. The highest BCUT2D eigenvalue weighted by Gasteiger charge is 2.31. The van der Waals surface area contributed by atoms with Gasteiger partial charge in [0.1, 0.15) is 0 Å². The van der Waals surface area contributed by atoms with E-state index in [-0.39, 0.29) is 17.1 Å². The van der Waals surface area contributed by atoms with Crippen LogP contribution in [0.5, 0.6) is 23.0 Å². The maximum atomic E-state index is 12.7. The van der Waals surface area contributed by atoms with Crippen molar-refractivity contribution in [1.82, 2.24) is 5.32 Å². The molecule has 1 aliphatic carbocycles. The van der Waals surface area contributed by atoms with E-state index in [4.69, 9.17) is 24.7 Å². The molecule has 0 bridgehead atoms. The molecule has 0 aromatic heterocycles. The van der Waals surface area contributed by atoms with Gasteiger partial charge in [-0.05, 0) is 41.7 Å². The minimum atomic E-state index is -0.393. The van der Waals surface area contributed by atoms with Crippen LogP contribution in [0.4, 0.5) is 5.69 Å². The maximum Gasteiger partial charge on any atom is 0.220 e. The summed E-state index contributed by atoms with van der Waals surface area (Å²) < 4.78 is 22.0. The van der Waals surface area contributed by atoms with Crippen molar-refractivity contribution in [3.63, 3.8) is 0 Å². The first kappa shape index (κ1) is 21.3. The molecule has 0 aliphatic heterocycles. The Labute approximate surface area is 174 Å². The summed E-state index contributed by atoms with van der Waals surface area (Å²) in [5.41, 5.74) is 9.47. The molecule has 0 saturated carbocycles. The normalized spacial score (nSPS) is 14.6. The van der Waals surface area contributed by atoms with E-state index in [0.717, 1.165) is 5.56 Å². The number of nitrogen functional groups attached to an aromatic ring is 1. The average Bonchev–Trinajstić information content (AvgIpc) is 2.96. The Morgan fingerprint density at radius 2 is 1.70 bits per heavy atom. The van der Waals surface area contributed by atoms with Gasteiger partial charge in [0.25, 0.3) is 0 Å². The molecule has 30 heavy (non-hydrogen) atoms. The Bertz CT molecular complexity index is 1050. The minimum absolute atomic E-state index is 0.193. The first-order valence-electron chi connectivity index (χ1n) is 9.47. The molecule has 0 radical (unpaired) electrons. The molecule has 1 amide bonds. The van der Waals surface area contributed by atoms with Crippen LogP contribution in [0.2, 0.25) is 0 Å². The second-order valence-electron chi connectivity index (χ2n) is 6.94. The zero-order valence-corrected chi connectivity index (χ0v) is 17.8. The van der Waals surface area contributed by atoms with Gasteiger partial charge in [0.2, 0.25) is 17.1 Å². The van der Waals surface area contributed by atoms with Gasteiger partial charge in [-0.3, -0.25) is 9.59 Å². The molecule has 2 aromatic carbocycles. The van der Waals surface area contributed by atoms with E-state index >= 15 is 0 Å². The molecule has 160 valence electrons. The number of methoxy groups -OCH3 is 4. The Balaban J connectivity index is 2.47. The summed E-state index contributed by atoms with van der Waals surface area (Å²) in [5.74, 6) is 1.19. The first-order valence-corrected chi connectivity index (χ1v) is 9.47. The van der Waals surface area contributed by atoms with Crippen LogP contribution in [0.15, 0.2) is 23.0 Å². The predicted octanol–water partition coefficient (Wildman–Crippen LogP) is 2.45. The van der Waals surface area contributed by atoms with Gasteiger partial charge in [0.05, 0.1) is 40.2 Å². The summed E-state index contributed by atoms with van der Waals surface area (Å²) in [7, 11) is 5.99. The van der Waals surface area contributed by atoms with Crippen LogP contribution >= 0.6 is 0 Å². The zero-order chi connectivity index (χ0) is 22.0. The van der Waals surface area contributed by atoms with E-state index in [1.54, 1.807) is 12.1 Å². The number of carbonyl (C=O) groups excluding carboxylic acids is 1. The number of nitrogens with one attached hydrogen (secondary N) is 1. The van der Waals surface area contributed by atoms with E-state index < -0.39 is 6.04 Å². The fraction of sp³-hybridized carbons (Fsp3) is 0.364. The number of hydrogen-bond acceptors (Lipinski definition) is 7. The molecule has 0 fully saturated rings. The van der Waals surface area contributed by atoms with Crippen molar-refractivity contribution >= 4 is 11.6 Å². The molecular weight excluding hydrogens is 388 g/mol. The molecule has 1 aliphatic rings. The number of nitrogens with two attached hydrogens (primary N) is 1. The number of benzene rings is 1. The smallest absolute Gasteiger partial charge is 0.220 e. The number of anilines is 1. The Hall–Kier alpha value is -3.42. The van der Waals surface area contributed by atoms with Crippen LogP contribution in [0.1, 0.15) is 30.5 Å². The van der Waals surface area contributed by atoms with E-state index in [1.165, 1.54) is 41.4 Å². The standard InChI is InChI=1S/C22H26N2O6/c1-11(25)24-15-8-6-13-18(12-7-9-17(27-2)16(26)10-14(12)15)20(28-3)22(30-5)21(29-4)19(13)23/h7,9-10,15H,6,8,23H2,1-5H3,(H,24,25)/t15-/m0/s1. The van der Waals surface area contributed by atoms with Gasteiger partial charge in [-0.15, -0.1) is 0 Å². The largest absolute Gasteiger partial charge is 0.493 e. The summed E-state index contributed by atoms with van der Waals surface area (Å²) in [6, 6.07) is 4.49. The molecule has 8 heteroatoms. The lowest BCUT2D eigenvalue weighted by Gasteiger charge is -2.21. The van der Waals surface area contributed by atoms with Crippen molar-refractivity contribution in [2.75, 3.05) is 34.2 Å². The summed E-state index contributed by atoms with van der Waals surface area (Å²) in [6.45, 7) is 1.44. The summed E-state index contributed by atoms with van der Waals surface area (Å²) in [4.78, 5) is 24.6. The van der Waals surface area contributed by atoms with Gasteiger partial charge in [-0.2, -0.15) is 0 Å². The molecule has 0 spiro atoms. The molecule has 0 heterocycles. The van der Waals surface area contributed by atoms with Gasteiger partial charge in [-0.1, -0.05) is 6.07 Å². The van der Waals surface area contributed by atoms with Crippen LogP contribution < -0.4 is 35.4 Å². The fourth-order valence-electron chi connectivity index (χ4n) is 4.03. The quantitative estimate of drug-likeness (QED) is 0.723. The second-order valence-corrected chi connectivity index (χ2v) is 6.94. The van der Waals surface area contributed by atoms with Crippen molar-refractivity contribution in [2.24, 2.45) is 0 Å². The number of carbonyl (C=O) groups is 1. The Morgan fingerprint density at radius 3 is 2.27 bits per heavy atom. The maximum absolute atomic E-state index is 12.7. The highest BCUT2D eigenvalue weighted by molar-refractivity contribution is 5.89. The molecule has 2 aromatic rings. The van der Waals surface area contributed by atoms with Crippen molar-refractivity contribution in [1.29, 1.82) is 0 Å². The number of amides is 1. The molecule has 3 N–H and O–H groups in total. The minimum Gasteiger partial charge on any atom is -0.493 e. The molecule has 0 unspecified atom stereocenters. The highest BCUT2D eigenvalue weighted by Crippen LogP contribution is 2.53. The van der Waals surface area contributed by atoms with E-state index in [2.05, 4.69) is 5.32 Å². The highest BCUT2D eigenvalue weighted by atomic mass is 16.5. The van der Waals surface area contributed by atoms with Gasteiger partial charge < -0.3 is 30.0 Å². The third-order valence-electron chi connectivity index (χ3n) is 5.29. The number of rotatable bonds is 5. The molecule has 3 rings (SSSR count). The van der Waals surface area contributed by atoms with E-state index in [0.29, 0.717) is 52.5 Å². The van der Waals surface area contributed by atoms with Crippen molar-refractivity contribution in [2.45, 2.75) is 25.8 Å². The lowest BCUT2D eigenvalue weighted by atomic mass is 9.94. The van der Waals surface area contributed by atoms with Gasteiger partial charge in [-0.25, -0.2) is 0 Å². The summed E-state index contributed by atoms with van der Waals surface area (Å²) >= 11 is 0. The lowest BCUT2D eigenvalue weighted by Crippen LogP contribution is -2.26. The van der Waals surface area contributed by atoms with Crippen LogP contribution in [-0.4, -0.2) is 34.3 Å². The molecular formula is C22H26N2O6. The Kier molecular flexibility index (Phi) is 6.05. The van der Waals surface area contributed by atoms with Crippen molar-refractivity contribution in [3.8, 4) is 34.1 Å². The van der Waals surface area contributed by atoms with Crippen LogP contribution in [0, 0.1) is 0 Å². The molecule has 1 atom stereocenters. The van der Waals surface area contributed by atoms with Crippen molar-refractivity contribution < 1.29 is 23.7 Å². The number of ether oxygens (including phenoxy) is 4. The molecule has 8 nitrogen and oxygen atoms in total. The topological polar surface area (TPSA) is 109 Å². The van der Waals surface area contributed by atoms with E-state index in [1.807, 2.05) is 0 Å². The number of hydrogen-bond donors (Lipinski definition) is 2. The zero-order valence-electron chi connectivity index (χ0n) is 17.8. The first-order chi connectivity index (χ1) is 14.4. The Morgan fingerprint density at radius 1 is 1.03 bits per heavy atom. The third kappa shape index (κ3) is 3.49. The third-order valence-corrected chi connectivity index (χ3v) is 5.29. The predicted molar refractivity (Wildman–Crippen MR) is 114 cm³/mol. The van der Waals surface area contributed by atoms with Crippen LogP contribution in [-0.2, 0) is 11.2 Å². The average molecular weight is 414 g/mol. The summed E-state index contributed by atoms with van der Waals surface area (Å²) in [6.07, 6.45) is 1.07. The van der Waals surface area contributed by atoms with E-state index in [9.17, 15) is 9.59 Å². The lowest BCUT2D eigenvalue weighted by molar-refractivity contribution is -0.119. The van der Waals surface area contributed by atoms with Gasteiger partial charge in [0.15, 0.2) is 17.2 Å². The SMILES string of the molecule is COc1c(N)c2c(c(OC)c1OC)-c1ccc(OC)c(=O)cc1[C@@H](NC(C)=O)CC2. The second kappa shape index (κ2) is 8.52. The van der Waals surface area contributed by atoms with Gasteiger partial charge >= 0.3 is 0 Å². The molecule has 0 saturated heterocycles. The fourth-order valence-corrected chi connectivity index (χ4v) is 4.03. The van der Waals surface area contributed by atoms with Crippen LogP contribution in [0.25, 0.3) is 11.1 Å². The monoisotopic (exact) mass is 414 g/mol. The van der Waals surface area contributed by atoms with Gasteiger partial charge in [0, 0.05) is 12.5 Å². The van der Waals surface area contributed by atoms with Crippen LogP contribution in [0.3, 0.4) is 0 Å². The van der Waals surface area contributed by atoms with Crippen molar-refractivity contribution in [3.05, 3.63) is 39.5 Å².